The summed E-state index contributed by atoms with van der Waals surface area (Å²) >= 11 is 0. The van der Waals surface area contributed by atoms with Crippen molar-refractivity contribution in [3.8, 4) is 0 Å². The minimum absolute atomic E-state index is 0.280. The maximum Gasteiger partial charge on any atom is 0.0948 e. The van der Waals surface area contributed by atoms with Gasteiger partial charge in [-0.15, -0.1) is 0 Å². The first-order valence-electron chi connectivity index (χ1n) is 7.10. The fourth-order valence-electron chi connectivity index (χ4n) is 3.19. The third-order valence-corrected chi connectivity index (χ3v) is 4.34. The summed E-state index contributed by atoms with van der Waals surface area (Å²) in [4.78, 5) is 2.50. The molecule has 0 radical (unpaired) electrons. The monoisotopic (exact) mass is 247 g/mol. The standard InChI is InChI=1S/C16H25NO/c1-4-10-17-12-13(2)16(18,11-14(17)3)15-8-6-5-7-9-15/h5-9,13-14,18H,4,10-12H2,1-3H3/t13-,14-,16+/m0/s1. The van der Waals surface area contributed by atoms with Crippen LogP contribution in [0.15, 0.2) is 30.3 Å². The average molecular weight is 247 g/mol. The van der Waals surface area contributed by atoms with Crippen molar-refractivity contribution < 1.29 is 5.11 Å². The smallest absolute Gasteiger partial charge is 0.0948 e. The highest BCUT2D eigenvalue weighted by atomic mass is 16.3. The van der Waals surface area contributed by atoms with Crippen LogP contribution in [0.4, 0.5) is 0 Å². The van der Waals surface area contributed by atoms with Crippen LogP contribution >= 0.6 is 0 Å². The molecule has 2 heteroatoms. The van der Waals surface area contributed by atoms with Gasteiger partial charge in [0.2, 0.25) is 0 Å². The molecule has 0 unspecified atom stereocenters. The largest absolute Gasteiger partial charge is 0.385 e. The molecule has 18 heavy (non-hydrogen) atoms. The van der Waals surface area contributed by atoms with Gasteiger partial charge in [-0.05, 0) is 31.9 Å². The number of piperidine rings is 1. The maximum absolute atomic E-state index is 11.0. The number of benzene rings is 1. The fourth-order valence-corrected chi connectivity index (χ4v) is 3.19. The van der Waals surface area contributed by atoms with Crippen LogP contribution in [0.2, 0.25) is 0 Å². The Labute approximate surface area is 111 Å². The summed E-state index contributed by atoms with van der Waals surface area (Å²) < 4.78 is 0. The molecule has 1 aromatic carbocycles. The Bertz CT molecular complexity index is 378. The zero-order chi connectivity index (χ0) is 13.2. The second kappa shape index (κ2) is 5.41. The Morgan fingerprint density at radius 1 is 1.28 bits per heavy atom. The quantitative estimate of drug-likeness (QED) is 0.887. The summed E-state index contributed by atoms with van der Waals surface area (Å²) in [6.45, 7) is 8.74. The highest BCUT2D eigenvalue weighted by Crippen LogP contribution is 2.39. The predicted molar refractivity (Wildman–Crippen MR) is 75.4 cm³/mol. The van der Waals surface area contributed by atoms with E-state index in [2.05, 4.69) is 37.8 Å². The summed E-state index contributed by atoms with van der Waals surface area (Å²) in [7, 11) is 0. The molecule has 0 amide bonds. The molecule has 1 N–H and O–H groups in total. The van der Waals surface area contributed by atoms with E-state index in [1.165, 1.54) is 6.42 Å². The molecule has 0 bridgehead atoms. The van der Waals surface area contributed by atoms with E-state index in [1.54, 1.807) is 0 Å². The first-order valence-corrected chi connectivity index (χ1v) is 7.10. The van der Waals surface area contributed by atoms with Crippen molar-refractivity contribution in [2.24, 2.45) is 5.92 Å². The highest BCUT2D eigenvalue weighted by Gasteiger charge is 2.42. The Kier molecular flexibility index (Phi) is 4.08. The van der Waals surface area contributed by atoms with Crippen molar-refractivity contribution in [3.63, 3.8) is 0 Å². The molecule has 3 atom stereocenters. The summed E-state index contributed by atoms with van der Waals surface area (Å²) in [5.41, 5.74) is 0.408. The molecule has 1 saturated heterocycles. The molecule has 1 fully saturated rings. The molecular formula is C16H25NO. The Morgan fingerprint density at radius 2 is 1.94 bits per heavy atom. The van der Waals surface area contributed by atoms with Crippen LogP contribution in [-0.2, 0) is 5.60 Å². The van der Waals surface area contributed by atoms with E-state index < -0.39 is 5.60 Å². The molecule has 1 aliphatic heterocycles. The molecule has 1 heterocycles. The Hall–Kier alpha value is -0.860. The van der Waals surface area contributed by atoms with Crippen LogP contribution in [0.3, 0.4) is 0 Å². The third kappa shape index (κ3) is 2.45. The normalized spacial score (nSPS) is 33.6. The van der Waals surface area contributed by atoms with Crippen LogP contribution in [0, 0.1) is 5.92 Å². The number of hydrogen-bond acceptors (Lipinski definition) is 2. The predicted octanol–water partition coefficient (Wildman–Crippen LogP) is 3.01. The van der Waals surface area contributed by atoms with Crippen LogP contribution in [0.5, 0.6) is 0 Å². The van der Waals surface area contributed by atoms with E-state index in [9.17, 15) is 5.11 Å². The van der Waals surface area contributed by atoms with E-state index in [-0.39, 0.29) is 5.92 Å². The second-order valence-electron chi connectivity index (χ2n) is 5.74. The number of hydrogen-bond donors (Lipinski definition) is 1. The molecule has 1 aliphatic rings. The van der Waals surface area contributed by atoms with Crippen molar-refractivity contribution >= 4 is 0 Å². The first kappa shape index (κ1) is 13.6. The molecule has 0 aromatic heterocycles. The number of aliphatic hydroxyl groups is 1. The molecule has 0 spiro atoms. The van der Waals surface area contributed by atoms with Crippen molar-refractivity contribution in [2.45, 2.75) is 45.3 Å². The fraction of sp³-hybridized carbons (Fsp3) is 0.625. The summed E-state index contributed by atoms with van der Waals surface area (Å²) in [5.74, 6) is 0.280. The average Bonchev–Trinajstić information content (AvgIpc) is 2.37. The van der Waals surface area contributed by atoms with Gasteiger partial charge in [0.05, 0.1) is 5.60 Å². The van der Waals surface area contributed by atoms with Crippen LogP contribution in [0.25, 0.3) is 0 Å². The van der Waals surface area contributed by atoms with E-state index in [0.29, 0.717) is 6.04 Å². The Balaban J connectivity index is 2.20. The molecule has 1 aromatic rings. The van der Waals surface area contributed by atoms with Crippen LogP contribution < -0.4 is 0 Å². The molecule has 2 nitrogen and oxygen atoms in total. The van der Waals surface area contributed by atoms with Crippen molar-refractivity contribution in [3.05, 3.63) is 35.9 Å². The van der Waals surface area contributed by atoms with E-state index in [4.69, 9.17) is 0 Å². The molecule has 100 valence electrons. The first-order chi connectivity index (χ1) is 8.58. The van der Waals surface area contributed by atoms with Gasteiger partial charge in [-0.1, -0.05) is 44.2 Å². The minimum Gasteiger partial charge on any atom is -0.385 e. The zero-order valence-corrected chi connectivity index (χ0v) is 11.8. The summed E-state index contributed by atoms with van der Waals surface area (Å²) in [6, 6.07) is 10.6. The SMILES string of the molecule is CCCN1C[C@H](C)[C@@](O)(c2ccccc2)C[C@@H]1C. The van der Waals surface area contributed by atoms with Crippen molar-refractivity contribution in [2.75, 3.05) is 13.1 Å². The molecule has 0 aliphatic carbocycles. The van der Waals surface area contributed by atoms with Gasteiger partial charge in [0.15, 0.2) is 0 Å². The minimum atomic E-state index is -0.662. The number of rotatable bonds is 3. The van der Waals surface area contributed by atoms with Crippen LogP contribution in [0.1, 0.15) is 39.2 Å². The lowest BCUT2D eigenvalue weighted by molar-refractivity contribution is -0.0904. The third-order valence-electron chi connectivity index (χ3n) is 4.34. The highest BCUT2D eigenvalue weighted by molar-refractivity contribution is 5.24. The van der Waals surface area contributed by atoms with Gasteiger partial charge in [-0.2, -0.15) is 0 Å². The number of nitrogens with zero attached hydrogens (tertiary/aromatic N) is 1. The van der Waals surface area contributed by atoms with Crippen molar-refractivity contribution in [1.82, 2.24) is 4.90 Å². The zero-order valence-electron chi connectivity index (χ0n) is 11.8. The summed E-state index contributed by atoms with van der Waals surface area (Å²) in [5, 5.41) is 11.0. The topological polar surface area (TPSA) is 23.5 Å². The molecule has 2 rings (SSSR count). The van der Waals surface area contributed by atoms with Crippen molar-refractivity contribution in [1.29, 1.82) is 0 Å². The van der Waals surface area contributed by atoms with E-state index >= 15 is 0 Å². The maximum atomic E-state index is 11.0. The lowest BCUT2D eigenvalue weighted by Gasteiger charge is -2.47. The van der Waals surface area contributed by atoms with Gasteiger partial charge in [-0.3, -0.25) is 0 Å². The van der Waals surface area contributed by atoms with Gasteiger partial charge in [0.25, 0.3) is 0 Å². The van der Waals surface area contributed by atoms with Crippen LogP contribution in [-0.4, -0.2) is 29.1 Å². The Morgan fingerprint density at radius 3 is 2.56 bits per heavy atom. The second-order valence-corrected chi connectivity index (χ2v) is 5.74. The van der Waals surface area contributed by atoms with Gasteiger partial charge in [0.1, 0.15) is 0 Å². The number of likely N-dealkylation sites (tertiary alicyclic amines) is 1. The van der Waals surface area contributed by atoms with Gasteiger partial charge < -0.3 is 10.0 Å². The lowest BCUT2D eigenvalue weighted by atomic mass is 9.74. The lowest BCUT2D eigenvalue weighted by Crippen LogP contribution is -2.53. The van der Waals surface area contributed by atoms with Gasteiger partial charge >= 0.3 is 0 Å². The molecule has 0 saturated carbocycles. The molecular weight excluding hydrogens is 222 g/mol. The van der Waals surface area contributed by atoms with Gasteiger partial charge in [-0.25, -0.2) is 0 Å². The van der Waals surface area contributed by atoms with Gasteiger partial charge in [0, 0.05) is 18.5 Å². The van der Waals surface area contributed by atoms with E-state index in [1.807, 2.05) is 18.2 Å². The summed E-state index contributed by atoms with van der Waals surface area (Å²) in [6.07, 6.45) is 2.01. The van der Waals surface area contributed by atoms with E-state index in [0.717, 1.165) is 25.1 Å².